The lowest BCUT2D eigenvalue weighted by atomic mass is 10.2. The smallest absolute Gasteiger partial charge is 0.271 e. The van der Waals surface area contributed by atoms with Gasteiger partial charge in [-0.3, -0.25) is 14.9 Å². The third-order valence-corrected chi connectivity index (χ3v) is 5.02. The number of nitro groups is 1. The fourth-order valence-corrected chi connectivity index (χ4v) is 3.13. The van der Waals surface area contributed by atoms with E-state index in [0.717, 1.165) is 4.90 Å². The molecule has 1 aromatic rings. The number of ether oxygens (including phenoxy) is 1. The molecular weight excluding hydrogens is 324 g/mol. The van der Waals surface area contributed by atoms with Crippen molar-refractivity contribution >= 4 is 37.0 Å². The maximum Gasteiger partial charge on any atom is 0.271 e. The molecule has 21 heavy (non-hydrogen) atoms. The van der Waals surface area contributed by atoms with Crippen LogP contribution in [0, 0.1) is 10.1 Å². The van der Waals surface area contributed by atoms with Crippen LogP contribution in [-0.4, -0.2) is 38.2 Å². The monoisotopic (exact) mass is 334 g/mol. The van der Waals surface area contributed by atoms with Crippen LogP contribution in [0.4, 0.5) is 11.4 Å². The second-order valence-corrected chi connectivity index (χ2v) is 7.33. The molecule has 0 spiro atoms. The molecule has 0 radical (unpaired) electrons. The lowest BCUT2D eigenvalue weighted by Crippen LogP contribution is -2.27. The first-order valence-electron chi connectivity index (χ1n) is 5.80. The highest BCUT2D eigenvalue weighted by atomic mass is 35.7. The van der Waals surface area contributed by atoms with Gasteiger partial charge in [0.05, 0.1) is 17.7 Å². The van der Waals surface area contributed by atoms with Gasteiger partial charge in [-0.15, -0.1) is 0 Å². The minimum absolute atomic E-state index is 0.152. The second kappa shape index (κ2) is 5.49. The third kappa shape index (κ3) is 3.08. The molecule has 1 atom stereocenters. The van der Waals surface area contributed by atoms with Crippen molar-refractivity contribution in [1.29, 1.82) is 0 Å². The Morgan fingerprint density at radius 2 is 2.14 bits per heavy atom. The average Bonchev–Trinajstić information content (AvgIpc) is 2.79. The first kappa shape index (κ1) is 15.5. The molecule has 10 heteroatoms. The number of carbonyl (C=O) groups excluding carboxylic acids is 1. The first-order valence-corrected chi connectivity index (χ1v) is 8.17. The fourth-order valence-electron chi connectivity index (χ4n) is 2.10. The SMILES string of the molecule is COc1ccc([N+](=O)[O-])cc1N1CC(S(=O)(=O)Cl)CC1=O. The summed E-state index contributed by atoms with van der Waals surface area (Å²) in [5.74, 6) is -0.246. The van der Waals surface area contributed by atoms with E-state index in [2.05, 4.69) is 0 Å². The minimum atomic E-state index is -3.89. The molecule has 1 aliphatic heterocycles. The van der Waals surface area contributed by atoms with Crippen molar-refractivity contribution in [2.75, 3.05) is 18.6 Å². The Morgan fingerprint density at radius 3 is 2.62 bits per heavy atom. The van der Waals surface area contributed by atoms with Crippen molar-refractivity contribution < 1.29 is 22.9 Å². The summed E-state index contributed by atoms with van der Waals surface area (Å²) < 4.78 is 27.7. The minimum Gasteiger partial charge on any atom is -0.495 e. The lowest BCUT2D eigenvalue weighted by Gasteiger charge is -2.18. The van der Waals surface area contributed by atoms with Crippen LogP contribution in [-0.2, 0) is 13.8 Å². The second-order valence-electron chi connectivity index (χ2n) is 4.42. The van der Waals surface area contributed by atoms with E-state index < -0.39 is 25.1 Å². The molecule has 1 fully saturated rings. The number of non-ortho nitro benzene ring substituents is 1. The van der Waals surface area contributed by atoms with Crippen LogP contribution in [0.2, 0.25) is 0 Å². The van der Waals surface area contributed by atoms with Crippen LogP contribution in [0.5, 0.6) is 5.75 Å². The number of carbonyl (C=O) groups is 1. The number of nitrogens with zero attached hydrogens (tertiary/aromatic N) is 2. The molecule has 1 saturated heterocycles. The molecule has 0 aliphatic carbocycles. The largest absolute Gasteiger partial charge is 0.495 e. The molecular formula is C11H11ClN2O6S. The van der Waals surface area contributed by atoms with E-state index in [1.54, 1.807) is 0 Å². The highest BCUT2D eigenvalue weighted by molar-refractivity contribution is 8.14. The Kier molecular flexibility index (Phi) is 4.06. The van der Waals surface area contributed by atoms with E-state index >= 15 is 0 Å². The zero-order chi connectivity index (χ0) is 15.8. The van der Waals surface area contributed by atoms with E-state index in [1.807, 2.05) is 0 Å². The van der Waals surface area contributed by atoms with Crippen LogP contribution >= 0.6 is 10.7 Å². The molecule has 0 bridgehead atoms. The molecule has 0 N–H and O–H groups in total. The average molecular weight is 335 g/mol. The van der Waals surface area contributed by atoms with Gasteiger partial charge in [-0.05, 0) is 6.07 Å². The zero-order valence-electron chi connectivity index (χ0n) is 10.9. The number of methoxy groups -OCH3 is 1. The molecule has 114 valence electrons. The van der Waals surface area contributed by atoms with Gasteiger partial charge in [0.1, 0.15) is 11.0 Å². The number of hydrogen-bond donors (Lipinski definition) is 0. The molecule has 2 rings (SSSR count). The highest BCUT2D eigenvalue weighted by Gasteiger charge is 2.39. The molecule has 1 aliphatic rings. The zero-order valence-corrected chi connectivity index (χ0v) is 12.4. The van der Waals surface area contributed by atoms with Crippen LogP contribution in [0.25, 0.3) is 0 Å². The molecule has 1 aromatic carbocycles. The van der Waals surface area contributed by atoms with Crippen molar-refractivity contribution in [3.05, 3.63) is 28.3 Å². The molecule has 0 saturated carbocycles. The van der Waals surface area contributed by atoms with E-state index in [4.69, 9.17) is 15.4 Å². The van der Waals surface area contributed by atoms with Crippen molar-refractivity contribution in [1.82, 2.24) is 0 Å². The summed E-state index contributed by atoms with van der Waals surface area (Å²) in [5.41, 5.74) is -0.0738. The predicted octanol–water partition coefficient (Wildman–Crippen LogP) is 1.28. The summed E-state index contributed by atoms with van der Waals surface area (Å²) in [6.45, 7) is -0.164. The Balaban J connectivity index is 2.43. The number of amides is 1. The van der Waals surface area contributed by atoms with Gasteiger partial charge in [0.25, 0.3) is 5.69 Å². The van der Waals surface area contributed by atoms with E-state index in [-0.39, 0.29) is 30.1 Å². The van der Waals surface area contributed by atoms with Gasteiger partial charge in [0.15, 0.2) is 0 Å². The summed E-state index contributed by atoms with van der Waals surface area (Å²) >= 11 is 0. The number of anilines is 1. The van der Waals surface area contributed by atoms with Gasteiger partial charge in [-0.1, -0.05) is 0 Å². The van der Waals surface area contributed by atoms with Crippen LogP contribution in [0.15, 0.2) is 18.2 Å². The molecule has 8 nitrogen and oxygen atoms in total. The summed E-state index contributed by atoms with van der Waals surface area (Å²) in [5, 5.41) is 9.77. The van der Waals surface area contributed by atoms with Gasteiger partial charge >= 0.3 is 0 Å². The number of benzene rings is 1. The van der Waals surface area contributed by atoms with Gasteiger partial charge < -0.3 is 9.64 Å². The molecule has 0 aromatic heterocycles. The topological polar surface area (TPSA) is 107 Å². The Labute approximate surface area is 124 Å². The van der Waals surface area contributed by atoms with Gasteiger partial charge in [-0.2, -0.15) is 0 Å². The molecule has 1 amide bonds. The number of hydrogen-bond acceptors (Lipinski definition) is 6. The standard InChI is InChI=1S/C11H11ClN2O6S/c1-20-10-3-2-7(14(16)17)4-9(10)13-6-8(5-11(13)15)21(12,18)19/h2-4,8H,5-6H2,1H3. The van der Waals surface area contributed by atoms with Gasteiger partial charge in [0, 0.05) is 35.8 Å². The number of nitro benzene ring substituents is 1. The summed E-state index contributed by atoms with van der Waals surface area (Å²) in [6.07, 6.45) is -0.266. The van der Waals surface area contributed by atoms with Crippen molar-refractivity contribution in [2.45, 2.75) is 11.7 Å². The van der Waals surface area contributed by atoms with Crippen molar-refractivity contribution in [2.24, 2.45) is 0 Å². The summed E-state index contributed by atoms with van der Waals surface area (Å²) in [7, 11) is 2.73. The van der Waals surface area contributed by atoms with Crippen molar-refractivity contribution in [3.63, 3.8) is 0 Å². The normalized spacial score (nSPS) is 18.9. The Bertz CT molecular complexity index is 705. The number of rotatable bonds is 4. The summed E-state index contributed by atoms with van der Waals surface area (Å²) in [6, 6.07) is 3.75. The van der Waals surface area contributed by atoms with Crippen LogP contribution in [0.3, 0.4) is 0 Å². The quantitative estimate of drug-likeness (QED) is 0.466. The Morgan fingerprint density at radius 1 is 1.48 bits per heavy atom. The fraction of sp³-hybridized carbons (Fsp3) is 0.364. The van der Waals surface area contributed by atoms with E-state index in [1.165, 1.54) is 25.3 Å². The van der Waals surface area contributed by atoms with E-state index in [0.29, 0.717) is 0 Å². The molecule has 1 unspecified atom stereocenters. The van der Waals surface area contributed by atoms with Gasteiger partial charge in [0.2, 0.25) is 15.0 Å². The molecule has 1 heterocycles. The first-order chi connectivity index (χ1) is 9.74. The maximum absolute atomic E-state index is 12.0. The maximum atomic E-state index is 12.0. The third-order valence-electron chi connectivity index (χ3n) is 3.15. The van der Waals surface area contributed by atoms with Gasteiger partial charge in [-0.25, -0.2) is 8.42 Å². The van der Waals surface area contributed by atoms with Crippen LogP contribution < -0.4 is 9.64 Å². The van der Waals surface area contributed by atoms with Crippen LogP contribution in [0.1, 0.15) is 6.42 Å². The summed E-state index contributed by atoms with van der Waals surface area (Å²) in [4.78, 5) is 23.3. The predicted molar refractivity (Wildman–Crippen MR) is 75.2 cm³/mol. The number of halogens is 1. The Hall–Kier alpha value is -1.87. The lowest BCUT2D eigenvalue weighted by molar-refractivity contribution is -0.384. The van der Waals surface area contributed by atoms with Crippen molar-refractivity contribution in [3.8, 4) is 5.75 Å². The van der Waals surface area contributed by atoms with E-state index in [9.17, 15) is 23.3 Å². The highest BCUT2D eigenvalue weighted by Crippen LogP contribution is 2.36.